The number of rotatable bonds is 4. The summed E-state index contributed by atoms with van der Waals surface area (Å²) in [7, 11) is -2.19. The first-order valence-corrected chi connectivity index (χ1v) is 9.51. The lowest BCUT2D eigenvalue weighted by molar-refractivity contribution is -0.117. The summed E-state index contributed by atoms with van der Waals surface area (Å²) in [4.78, 5) is 47.0. The van der Waals surface area contributed by atoms with Crippen LogP contribution in [0.2, 0.25) is 0 Å². The van der Waals surface area contributed by atoms with Crippen LogP contribution >= 0.6 is 8.60 Å². The number of carbonyl (C=O) groups is 2. The predicted molar refractivity (Wildman–Crippen MR) is 92.0 cm³/mol. The molecule has 25 heavy (non-hydrogen) atoms. The lowest BCUT2D eigenvalue weighted by atomic mass is 10.0. The molecule has 9 heteroatoms. The molecule has 4 aliphatic rings. The zero-order chi connectivity index (χ0) is 18.4. The smallest absolute Gasteiger partial charge is 0.327 e. The standard InChI is InChI=1S/C12H13N3O2.C4H11O3P/c16-9-7-8(13-1-2-13)12(17)11(15-5-6-15)10(9)14-3-4-14;1-4(2,3)7-8(5)6/h7H,1-6H2;5-6H,1-3H3. The van der Waals surface area contributed by atoms with Gasteiger partial charge in [0, 0.05) is 45.3 Å². The lowest BCUT2D eigenvalue weighted by Gasteiger charge is -2.21. The maximum atomic E-state index is 12.4. The summed E-state index contributed by atoms with van der Waals surface area (Å²) < 4.78 is 4.61. The third-order valence-electron chi connectivity index (χ3n) is 3.84. The van der Waals surface area contributed by atoms with Gasteiger partial charge in [0.1, 0.15) is 11.4 Å². The molecule has 0 radical (unpaired) electrons. The molecule has 0 unspecified atom stereocenters. The number of allylic oxidation sites excluding steroid dienone is 1. The normalized spacial score (nSPS) is 22.2. The molecule has 3 heterocycles. The van der Waals surface area contributed by atoms with Crippen molar-refractivity contribution < 1.29 is 23.9 Å². The number of ketones is 2. The molecule has 0 atom stereocenters. The van der Waals surface area contributed by atoms with Crippen molar-refractivity contribution in [1.82, 2.24) is 14.7 Å². The lowest BCUT2D eigenvalue weighted by Crippen LogP contribution is -2.29. The van der Waals surface area contributed by atoms with E-state index in [9.17, 15) is 9.59 Å². The van der Waals surface area contributed by atoms with Gasteiger partial charge in [0.25, 0.3) is 0 Å². The van der Waals surface area contributed by atoms with Crippen LogP contribution in [-0.4, -0.2) is 80.9 Å². The molecule has 0 aromatic rings. The highest BCUT2D eigenvalue weighted by atomic mass is 31.2. The summed E-state index contributed by atoms with van der Waals surface area (Å²) in [6.07, 6.45) is 1.52. The van der Waals surface area contributed by atoms with Gasteiger partial charge in [-0.15, -0.1) is 0 Å². The maximum Gasteiger partial charge on any atom is 0.327 e. The van der Waals surface area contributed by atoms with E-state index in [1.807, 2.05) is 14.7 Å². The zero-order valence-corrected chi connectivity index (χ0v) is 15.6. The number of hydrogen-bond acceptors (Lipinski definition) is 8. The van der Waals surface area contributed by atoms with E-state index in [4.69, 9.17) is 9.79 Å². The fourth-order valence-corrected chi connectivity index (χ4v) is 3.01. The second-order valence-corrected chi connectivity index (χ2v) is 8.03. The van der Waals surface area contributed by atoms with Crippen LogP contribution in [0.1, 0.15) is 20.8 Å². The van der Waals surface area contributed by atoms with Crippen molar-refractivity contribution in [2.75, 3.05) is 39.3 Å². The summed E-state index contributed by atoms with van der Waals surface area (Å²) >= 11 is 0. The van der Waals surface area contributed by atoms with E-state index in [2.05, 4.69) is 4.52 Å². The number of carbonyl (C=O) groups excluding carboxylic acids is 2. The minimum Gasteiger partial charge on any atom is -0.365 e. The Kier molecular flexibility index (Phi) is 4.90. The largest absolute Gasteiger partial charge is 0.365 e. The summed E-state index contributed by atoms with van der Waals surface area (Å²) in [6.45, 7) is 10.7. The van der Waals surface area contributed by atoms with Gasteiger partial charge in [-0.2, -0.15) is 0 Å². The molecule has 138 valence electrons. The summed E-state index contributed by atoms with van der Waals surface area (Å²) in [5, 5.41) is 0. The molecule has 1 aliphatic carbocycles. The second kappa shape index (κ2) is 6.68. The highest BCUT2D eigenvalue weighted by molar-refractivity contribution is 7.39. The van der Waals surface area contributed by atoms with E-state index in [1.54, 1.807) is 20.8 Å². The van der Waals surface area contributed by atoms with Gasteiger partial charge in [0.05, 0.1) is 11.3 Å². The average Bonchev–Trinajstić information content (AvgIpc) is 3.35. The van der Waals surface area contributed by atoms with Crippen LogP contribution in [-0.2, 0) is 14.1 Å². The Morgan fingerprint density at radius 2 is 1.40 bits per heavy atom. The Hall–Kier alpha value is -1.47. The minimum absolute atomic E-state index is 0.00546. The number of hydrogen-bond donors (Lipinski definition) is 2. The van der Waals surface area contributed by atoms with Gasteiger partial charge < -0.3 is 29.0 Å². The molecule has 4 rings (SSSR count). The van der Waals surface area contributed by atoms with E-state index >= 15 is 0 Å². The van der Waals surface area contributed by atoms with Crippen LogP contribution in [0.25, 0.3) is 0 Å². The van der Waals surface area contributed by atoms with Crippen molar-refractivity contribution in [1.29, 1.82) is 0 Å². The quantitative estimate of drug-likeness (QED) is 0.412. The molecule has 0 bridgehead atoms. The fraction of sp³-hybridized carbons (Fsp3) is 0.625. The molecular weight excluding hydrogens is 345 g/mol. The van der Waals surface area contributed by atoms with Crippen LogP contribution in [0, 0.1) is 0 Å². The van der Waals surface area contributed by atoms with Crippen molar-refractivity contribution in [2.24, 2.45) is 0 Å². The first kappa shape index (κ1) is 18.3. The first-order valence-electron chi connectivity index (χ1n) is 8.34. The Morgan fingerprint density at radius 3 is 1.76 bits per heavy atom. The summed E-state index contributed by atoms with van der Waals surface area (Å²) in [5.41, 5.74) is 1.44. The molecule has 0 aromatic heterocycles. The van der Waals surface area contributed by atoms with E-state index in [0.29, 0.717) is 17.1 Å². The van der Waals surface area contributed by atoms with Crippen molar-refractivity contribution in [3.8, 4) is 0 Å². The average molecular weight is 369 g/mol. The van der Waals surface area contributed by atoms with Crippen LogP contribution in [0.4, 0.5) is 0 Å². The van der Waals surface area contributed by atoms with E-state index in [-0.39, 0.29) is 11.6 Å². The van der Waals surface area contributed by atoms with Crippen molar-refractivity contribution >= 4 is 20.2 Å². The van der Waals surface area contributed by atoms with Gasteiger partial charge in [-0.1, -0.05) is 0 Å². The molecule has 0 amide bonds. The fourth-order valence-electron chi connectivity index (χ4n) is 2.52. The summed E-state index contributed by atoms with van der Waals surface area (Å²) in [6, 6.07) is 0. The van der Waals surface area contributed by atoms with Gasteiger partial charge >= 0.3 is 8.60 Å². The van der Waals surface area contributed by atoms with E-state index < -0.39 is 14.2 Å². The summed E-state index contributed by atoms with van der Waals surface area (Å²) in [5.74, 6) is 0.0485. The van der Waals surface area contributed by atoms with Crippen molar-refractivity contribution in [3.05, 3.63) is 23.2 Å². The Balaban J connectivity index is 0.000000197. The van der Waals surface area contributed by atoms with Gasteiger partial charge in [-0.25, -0.2) is 0 Å². The van der Waals surface area contributed by atoms with E-state index in [0.717, 1.165) is 39.3 Å². The van der Waals surface area contributed by atoms with E-state index in [1.165, 1.54) is 6.08 Å². The first-order chi connectivity index (χ1) is 11.7. The van der Waals surface area contributed by atoms with Crippen LogP contribution in [0.5, 0.6) is 0 Å². The van der Waals surface area contributed by atoms with Crippen molar-refractivity contribution in [3.63, 3.8) is 0 Å². The number of nitrogens with zero attached hydrogens (tertiary/aromatic N) is 3. The van der Waals surface area contributed by atoms with Gasteiger partial charge in [0.15, 0.2) is 0 Å². The maximum absolute atomic E-state index is 12.4. The molecule has 3 fully saturated rings. The minimum atomic E-state index is -2.19. The Bertz CT molecular complexity index is 641. The molecule has 0 spiro atoms. The van der Waals surface area contributed by atoms with Crippen LogP contribution < -0.4 is 0 Å². The van der Waals surface area contributed by atoms with Gasteiger partial charge in [-0.05, 0) is 20.8 Å². The van der Waals surface area contributed by atoms with Crippen molar-refractivity contribution in [2.45, 2.75) is 26.4 Å². The predicted octanol–water partition coefficient (Wildman–Crippen LogP) is 0.193. The third-order valence-corrected chi connectivity index (χ3v) is 4.55. The Labute approximate surface area is 148 Å². The molecule has 3 saturated heterocycles. The highest BCUT2D eigenvalue weighted by Crippen LogP contribution is 2.34. The molecule has 8 nitrogen and oxygen atoms in total. The number of Topliss-reactive ketones (excluding diaryl/α,β-unsaturated/α-hetero) is 1. The van der Waals surface area contributed by atoms with Gasteiger partial charge in [0.2, 0.25) is 11.6 Å². The zero-order valence-electron chi connectivity index (χ0n) is 14.7. The van der Waals surface area contributed by atoms with Crippen LogP contribution in [0.3, 0.4) is 0 Å². The third kappa shape index (κ3) is 4.79. The molecule has 0 aromatic carbocycles. The van der Waals surface area contributed by atoms with Gasteiger partial charge in [-0.3, -0.25) is 9.59 Å². The Morgan fingerprint density at radius 1 is 0.920 bits per heavy atom. The molecular formula is C16H24N3O5P. The molecule has 2 N–H and O–H groups in total. The SMILES string of the molecule is CC(C)(C)OP(O)O.O=C1C=C(N2CC2)C(=O)C(N2CC2)=C1N1CC1. The van der Waals surface area contributed by atoms with Crippen LogP contribution in [0.15, 0.2) is 23.2 Å². The molecule has 3 aliphatic heterocycles. The molecule has 0 saturated carbocycles. The monoisotopic (exact) mass is 369 g/mol. The highest BCUT2D eigenvalue weighted by Gasteiger charge is 2.43. The second-order valence-electron chi connectivity index (χ2n) is 7.34. The topological polar surface area (TPSA) is 92.9 Å².